The first-order chi connectivity index (χ1) is 12.1. The molecule has 1 aromatic heterocycles. The van der Waals surface area contributed by atoms with E-state index >= 15 is 0 Å². The second-order valence-corrected chi connectivity index (χ2v) is 7.25. The Morgan fingerprint density at radius 3 is 1.67 bits per heavy atom. The second kappa shape index (κ2) is 6.05. The van der Waals surface area contributed by atoms with Crippen molar-refractivity contribution in [2.45, 2.75) is 18.5 Å². The number of thiophene rings is 1. The molecule has 0 saturated carbocycles. The van der Waals surface area contributed by atoms with Crippen LogP contribution in [0.2, 0.25) is 10.0 Å². The van der Waals surface area contributed by atoms with E-state index in [0.29, 0.717) is 23.5 Å². The van der Waals surface area contributed by atoms with Crippen LogP contribution in [0.3, 0.4) is 0 Å². The summed E-state index contributed by atoms with van der Waals surface area (Å²) in [7, 11) is 0. The summed E-state index contributed by atoms with van der Waals surface area (Å²) in [5.41, 5.74) is -4.90. The smallest absolute Gasteiger partial charge is 0.166 e. The zero-order valence-corrected chi connectivity index (χ0v) is 14.6. The van der Waals surface area contributed by atoms with Crippen LogP contribution in [0, 0.1) is 0 Å². The number of halogens is 11. The van der Waals surface area contributed by atoms with E-state index in [9.17, 15) is 39.5 Å². The van der Waals surface area contributed by atoms with Gasteiger partial charge in [-0.2, -0.15) is 39.5 Å². The molecule has 0 N–H and O–H groups in total. The van der Waals surface area contributed by atoms with Gasteiger partial charge in [-0.3, -0.25) is 0 Å². The van der Waals surface area contributed by atoms with Crippen LogP contribution < -0.4 is 0 Å². The number of alkyl halides is 9. The molecule has 3 aromatic rings. The summed E-state index contributed by atoms with van der Waals surface area (Å²) in [4.78, 5) is 0. The molecule has 0 aliphatic carbocycles. The van der Waals surface area contributed by atoms with Gasteiger partial charge in [0.05, 0.1) is 26.7 Å². The summed E-state index contributed by atoms with van der Waals surface area (Å²) in [6.07, 6.45) is -15.4. The summed E-state index contributed by atoms with van der Waals surface area (Å²) in [5.74, 6) is 0. The fourth-order valence-corrected chi connectivity index (χ4v) is 4.61. The Morgan fingerprint density at radius 2 is 1.19 bits per heavy atom. The minimum atomic E-state index is -5.26. The highest BCUT2D eigenvalue weighted by Crippen LogP contribution is 2.51. The molecule has 0 radical (unpaired) electrons. The first-order valence-electron chi connectivity index (χ1n) is 6.72. The molecule has 0 bridgehead atoms. The molecular formula is C15H3Cl2F9S. The summed E-state index contributed by atoms with van der Waals surface area (Å²) in [5, 5.41) is -3.41. The van der Waals surface area contributed by atoms with Crippen LogP contribution in [0.1, 0.15) is 16.7 Å². The van der Waals surface area contributed by atoms with Gasteiger partial charge in [0, 0.05) is 20.2 Å². The van der Waals surface area contributed by atoms with Crippen LogP contribution in [0.15, 0.2) is 18.2 Å². The van der Waals surface area contributed by atoms with Crippen LogP contribution in [-0.2, 0) is 18.5 Å². The summed E-state index contributed by atoms with van der Waals surface area (Å²) in [6, 6.07) is 1.52. The fourth-order valence-electron chi connectivity index (χ4n) is 2.58. The summed E-state index contributed by atoms with van der Waals surface area (Å²) < 4.78 is 118. The van der Waals surface area contributed by atoms with Gasteiger partial charge in [0.1, 0.15) is 0 Å². The molecule has 0 aliphatic rings. The van der Waals surface area contributed by atoms with Crippen molar-refractivity contribution in [1.82, 2.24) is 0 Å². The number of benzene rings is 2. The average Bonchev–Trinajstić information content (AvgIpc) is 2.78. The lowest BCUT2D eigenvalue weighted by Crippen LogP contribution is -2.12. The van der Waals surface area contributed by atoms with Gasteiger partial charge in [-0.25, -0.2) is 0 Å². The third kappa shape index (κ3) is 3.42. The molecule has 0 aliphatic heterocycles. The normalized spacial score (nSPS) is 13.7. The van der Waals surface area contributed by atoms with Crippen molar-refractivity contribution < 1.29 is 39.5 Å². The molecule has 12 heteroatoms. The summed E-state index contributed by atoms with van der Waals surface area (Å²) >= 11 is 11.3. The van der Waals surface area contributed by atoms with E-state index in [1.54, 1.807) is 0 Å². The van der Waals surface area contributed by atoms with Crippen molar-refractivity contribution in [2.75, 3.05) is 0 Å². The Hall–Kier alpha value is -1.39. The van der Waals surface area contributed by atoms with Crippen LogP contribution in [0.25, 0.3) is 20.2 Å². The third-order valence-electron chi connectivity index (χ3n) is 3.68. The van der Waals surface area contributed by atoms with Crippen molar-refractivity contribution in [3.8, 4) is 0 Å². The number of hydrogen-bond donors (Lipinski definition) is 0. The minimum absolute atomic E-state index is 0.135. The molecule has 0 fully saturated rings. The predicted molar refractivity (Wildman–Crippen MR) is 84.4 cm³/mol. The lowest BCUT2D eigenvalue weighted by molar-refractivity contribution is -0.142. The number of rotatable bonds is 0. The predicted octanol–water partition coefficient (Wildman–Crippen LogP) is 8.42. The maximum Gasteiger partial charge on any atom is 0.419 e. The molecule has 0 amide bonds. The van der Waals surface area contributed by atoms with E-state index in [1.807, 2.05) is 0 Å². The lowest BCUT2D eigenvalue weighted by Gasteiger charge is -2.16. The molecule has 0 spiro atoms. The van der Waals surface area contributed by atoms with E-state index in [1.165, 1.54) is 0 Å². The standard InChI is InChI=1S/C15H3Cl2F9S/c16-8-3-9-4(1-6(8)13(18,19)20)5-2-7(14(21,22)23)11(17)10(12(5)27-9)15(24,25)26/h1-3H. The second-order valence-electron chi connectivity index (χ2n) is 5.41. The summed E-state index contributed by atoms with van der Waals surface area (Å²) in [6.45, 7) is 0. The van der Waals surface area contributed by atoms with Crippen molar-refractivity contribution in [2.24, 2.45) is 0 Å². The van der Waals surface area contributed by atoms with Crippen LogP contribution >= 0.6 is 34.5 Å². The third-order valence-corrected chi connectivity index (χ3v) is 5.57. The first kappa shape index (κ1) is 20.3. The molecule has 2 aromatic carbocycles. The van der Waals surface area contributed by atoms with E-state index < -0.39 is 60.7 Å². The Labute approximate surface area is 158 Å². The van der Waals surface area contributed by atoms with Gasteiger partial charge in [0.2, 0.25) is 0 Å². The average molecular weight is 457 g/mol. The van der Waals surface area contributed by atoms with E-state index in [0.717, 1.165) is 6.07 Å². The van der Waals surface area contributed by atoms with Crippen molar-refractivity contribution in [1.29, 1.82) is 0 Å². The largest absolute Gasteiger partial charge is 0.419 e. The van der Waals surface area contributed by atoms with Gasteiger partial charge in [0.15, 0.2) is 0 Å². The Morgan fingerprint density at radius 1 is 0.667 bits per heavy atom. The SMILES string of the molecule is FC(F)(F)c1cc2c(cc1Cl)sc1c(C(F)(F)F)c(Cl)c(C(F)(F)F)cc12. The Kier molecular flexibility index (Phi) is 4.56. The van der Waals surface area contributed by atoms with Gasteiger partial charge in [-0.1, -0.05) is 23.2 Å². The highest BCUT2D eigenvalue weighted by molar-refractivity contribution is 7.26. The van der Waals surface area contributed by atoms with Gasteiger partial charge in [-0.15, -0.1) is 11.3 Å². The van der Waals surface area contributed by atoms with Gasteiger partial charge < -0.3 is 0 Å². The van der Waals surface area contributed by atoms with E-state index in [2.05, 4.69) is 0 Å². The molecular weight excluding hydrogens is 454 g/mol. The van der Waals surface area contributed by atoms with Crippen LogP contribution in [-0.4, -0.2) is 0 Å². The monoisotopic (exact) mass is 456 g/mol. The molecule has 0 saturated heterocycles. The van der Waals surface area contributed by atoms with Crippen molar-refractivity contribution >= 4 is 54.7 Å². The lowest BCUT2D eigenvalue weighted by atomic mass is 10.0. The maximum atomic E-state index is 13.4. The Bertz CT molecular complexity index is 1060. The zero-order chi connectivity index (χ0) is 20.5. The van der Waals surface area contributed by atoms with Gasteiger partial charge in [0.25, 0.3) is 0 Å². The molecule has 0 atom stereocenters. The topological polar surface area (TPSA) is 0 Å². The fraction of sp³-hybridized carbons (Fsp3) is 0.200. The minimum Gasteiger partial charge on any atom is -0.166 e. The highest BCUT2D eigenvalue weighted by Gasteiger charge is 2.43. The zero-order valence-electron chi connectivity index (χ0n) is 12.3. The van der Waals surface area contributed by atoms with Gasteiger partial charge in [-0.05, 0) is 18.2 Å². The molecule has 0 unspecified atom stereocenters. The number of hydrogen-bond acceptors (Lipinski definition) is 1. The molecule has 1 heterocycles. The van der Waals surface area contributed by atoms with Crippen LogP contribution in [0.4, 0.5) is 39.5 Å². The van der Waals surface area contributed by atoms with E-state index in [4.69, 9.17) is 23.2 Å². The van der Waals surface area contributed by atoms with Crippen molar-refractivity contribution in [3.05, 3.63) is 44.9 Å². The van der Waals surface area contributed by atoms with Crippen LogP contribution in [0.5, 0.6) is 0 Å². The molecule has 3 rings (SSSR count). The van der Waals surface area contributed by atoms with Gasteiger partial charge >= 0.3 is 18.5 Å². The van der Waals surface area contributed by atoms with Crippen molar-refractivity contribution in [3.63, 3.8) is 0 Å². The molecule has 27 heavy (non-hydrogen) atoms. The maximum absolute atomic E-state index is 13.4. The number of fused-ring (bicyclic) bond motifs is 3. The Balaban J connectivity index is 2.55. The highest BCUT2D eigenvalue weighted by atomic mass is 35.5. The first-order valence-corrected chi connectivity index (χ1v) is 8.29. The molecule has 146 valence electrons. The van der Waals surface area contributed by atoms with E-state index in [-0.39, 0.29) is 4.70 Å². The molecule has 0 nitrogen and oxygen atoms in total. The quantitative estimate of drug-likeness (QED) is 0.298.